The zero-order chi connectivity index (χ0) is 13.5. The summed E-state index contributed by atoms with van der Waals surface area (Å²) < 4.78 is 24.8. The first-order valence-corrected chi connectivity index (χ1v) is 5.25. The van der Waals surface area contributed by atoms with E-state index in [4.69, 9.17) is 10.4 Å². The van der Waals surface area contributed by atoms with Crippen molar-refractivity contribution in [2.45, 2.75) is 6.43 Å². The molecule has 4 nitrogen and oxygen atoms in total. The van der Waals surface area contributed by atoms with Crippen LogP contribution in [-0.4, -0.2) is 37.5 Å². The lowest BCUT2D eigenvalue weighted by molar-refractivity contribution is 0.112. The maximum Gasteiger partial charge on any atom is 0.255 e. The highest BCUT2D eigenvalue weighted by Gasteiger charge is 2.16. The molecule has 0 saturated heterocycles. The van der Waals surface area contributed by atoms with Crippen LogP contribution in [0.15, 0.2) is 18.2 Å². The van der Waals surface area contributed by atoms with Crippen molar-refractivity contribution in [1.82, 2.24) is 0 Å². The van der Waals surface area contributed by atoms with Gasteiger partial charge in [-0.3, -0.25) is 4.79 Å². The van der Waals surface area contributed by atoms with Crippen molar-refractivity contribution in [2.75, 3.05) is 24.6 Å². The predicted octanol–water partition coefficient (Wildman–Crippen LogP) is 1.43. The third kappa shape index (κ3) is 3.50. The SMILES string of the molecule is N#Cc1cc(C=O)ccc1N(CCO)CC(F)F. The van der Waals surface area contributed by atoms with Crippen molar-refractivity contribution in [3.05, 3.63) is 29.3 Å². The van der Waals surface area contributed by atoms with Crippen molar-refractivity contribution >= 4 is 12.0 Å². The third-order valence-electron chi connectivity index (χ3n) is 2.35. The molecule has 1 aromatic carbocycles. The Morgan fingerprint density at radius 2 is 2.22 bits per heavy atom. The number of hydrogen-bond donors (Lipinski definition) is 1. The van der Waals surface area contributed by atoms with Gasteiger partial charge < -0.3 is 10.0 Å². The number of aliphatic hydroxyl groups excluding tert-OH is 1. The molecule has 0 heterocycles. The lowest BCUT2D eigenvalue weighted by Gasteiger charge is -2.24. The van der Waals surface area contributed by atoms with Gasteiger partial charge in [0.05, 0.1) is 24.4 Å². The molecule has 6 heteroatoms. The van der Waals surface area contributed by atoms with Crippen LogP contribution in [0, 0.1) is 11.3 Å². The first-order chi connectivity index (χ1) is 8.62. The van der Waals surface area contributed by atoms with Crippen LogP contribution in [-0.2, 0) is 0 Å². The van der Waals surface area contributed by atoms with Gasteiger partial charge in [0.15, 0.2) is 0 Å². The summed E-state index contributed by atoms with van der Waals surface area (Å²) in [5.74, 6) is 0. The molecule has 0 aliphatic rings. The largest absolute Gasteiger partial charge is 0.395 e. The van der Waals surface area contributed by atoms with E-state index in [1.807, 2.05) is 6.07 Å². The van der Waals surface area contributed by atoms with Crippen molar-refractivity contribution < 1.29 is 18.7 Å². The second-order valence-corrected chi connectivity index (χ2v) is 3.57. The molecule has 0 aliphatic heterocycles. The standard InChI is InChI=1S/C12H12F2N2O2/c13-12(14)7-16(3-4-17)11-2-1-9(8-18)5-10(11)6-15/h1-2,5,8,12,17H,3-4,7H2. The molecule has 1 N–H and O–H groups in total. The number of aliphatic hydroxyl groups is 1. The van der Waals surface area contributed by atoms with Crippen LogP contribution in [0.2, 0.25) is 0 Å². The molecule has 0 aliphatic carbocycles. The highest BCUT2D eigenvalue weighted by atomic mass is 19.3. The molecule has 96 valence electrons. The minimum absolute atomic E-state index is 0.000540. The number of aldehydes is 1. The molecule has 18 heavy (non-hydrogen) atoms. The average Bonchev–Trinajstić information content (AvgIpc) is 2.37. The van der Waals surface area contributed by atoms with Crippen LogP contribution in [0.1, 0.15) is 15.9 Å². The van der Waals surface area contributed by atoms with E-state index < -0.39 is 13.0 Å². The summed E-state index contributed by atoms with van der Waals surface area (Å²) in [6.07, 6.45) is -2.00. The molecule has 0 fully saturated rings. The van der Waals surface area contributed by atoms with E-state index in [-0.39, 0.29) is 24.4 Å². The zero-order valence-electron chi connectivity index (χ0n) is 9.51. The van der Waals surface area contributed by atoms with Crippen LogP contribution in [0.5, 0.6) is 0 Å². The smallest absolute Gasteiger partial charge is 0.255 e. The summed E-state index contributed by atoms with van der Waals surface area (Å²) in [5, 5.41) is 17.8. The Bertz CT molecular complexity index is 458. The average molecular weight is 254 g/mol. The molecule has 0 aromatic heterocycles. The summed E-state index contributed by atoms with van der Waals surface area (Å²) in [5.41, 5.74) is 0.724. The Morgan fingerprint density at radius 1 is 1.50 bits per heavy atom. The van der Waals surface area contributed by atoms with Crippen molar-refractivity contribution in [3.63, 3.8) is 0 Å². The number of alkyl halides is 2. The van der Waals surface area contributed by atoms with Gasteiger partial charge in [0.2, 0.25) is 0 Å². The van der Waals surface area contributed by atoms with Crippen LogP contribution in [0.4, 0.5) is 14.5 Å². The summed E-state index contributed by atoms with van der Waals surface area (Å²) >= 11 is 0. The molecule has 0 amide bonds. The Balaban J connectivity index is 3.11. The van der Waals surface area contributed by atoms with E-state index in [0.29, 0.717) is 11.8 Å². The third-order valence-corrected chi connectivity index (χ3v) is 2.35. The lowest BCUT2D eigenvalue weighted by Crippen LogP contribution is -2.32. The Labute approximate surface area is 103 Å². The van der Waals surface area contributed by atoms with E-state index in [0.717, 1.165) is 0 Å². The van der Waals surface area contributed by atoms with Gasteiger partial charge in [-0.25, -0.2) is 8.78 Å². The molecule has 0 bridgehead atoms. The van der Waals surface area contributed by atoms with Crippen LogP contribution in [0.25, 0.3) is 0 Å². The fourth-order valence-electron chi connectivity index (χ4n) is 1.59. The second kappa shape index (κ2) is 6.67. The van der Waals surface area contributed by atoms with Crippen molar-refractivity contribution in [3.8, 4) is 6.07 Å². The highest BCUT2D eigenvalue weighted by molar-refractivity contribution is 5.78. The maximum absolute atomic E-state index is 12.4. The maximum atomic E-state index is 12.4. The van der Waals surface area contributed by atoms with Crippen LogP contribution in [0.3, 0.4) is 0 Å². The van der Waals surface area contributed by atoms with Gasteiger partial charge in [-0.05, 0) is 18.2 Å². The highest BCUT2D eigenvalue weighted by Crippen LogP contribution is 2.21. The minimum Gasteiger partial charge on any atom is -0.395 e. The van der Waals surface area contributed by atoms with Crippen molar-refractivity contribution in [2.24, 2.45) is 0 Å². The number of benzene rings is 1. The van der Waals surface area contributed by atoms with Gasteiger partial charge in [0.1, 0.15) is 12.4 Å². The normalized spacial score (nSPS) is 10.2. The lowest BCUT2D eigenvalue weighted by atomic mass is 10.1. The van der Waals surface area contributed by atoms with Gasteiger partial charge in [-0.2, -0.15) is 5.26 Å². The van der Waals surface area contributed by atoms with E-state index in [1.165, 1.54) is 23.1 Å². The van der Waals surface area contributed by atoms with E-state index in [2.05, 4.69) is 0 Å². The molecule has 0 radical (unpaired) electrons. The Morgan fingerprint density at radius 3 is 2.72 bits per heavy atom. The first kappa shape index (κ1) is 14.1. The van der Waals surface area contributed by atoms with Crippen molar-refractivity contribution in [1.29, 1.82) is 5.26 Å². The molecule has 1 aromatic rings. The molecule has 0 unspecified atom stereocenters. The zero-order valence-corrected chi connectivity index (χ0v) is 9.51. The Hall–Kier alpha value is -2.00. The quantitative estimate of drug-likeness (QED) is 0.780. The number of carbonyl (C=O) groups excluding carboxylic acids is 1. The van der Waals surface area contributed by atoms with Gasteiger partial charge in [-0.1, -0.05) is 0 Å². The summed E-state index contributed by atoms with van der Waals surface area (Å²) in [4.78, 5) is 11.8. The monoisotopic (exact) mass is 254 g/mol. The van der Waals surface area contributed by atoms with E-state index in [9.17, 15) is 13.6 Å². The fraction of sp³-hybridized carbons (Fsp3) is 0.333. The van der Waals surface area contributed by atoms with Crippen LogP contribution < -0.4 is 4.90 Å². The number of carbonyl (C=O) groups is 1. The molecule has 1 rings (SSSR count). The molecule has 0 saturated carbocycles. The van der Waals surface area contributed by atoms with Gasteiger partial charge >= 0.3 is 0 Å². The van der Waals surface area contributed by atoms with Gasteiger partial charge in [0, 0.05) is 12.1 Å². The summed E-state index contributed by atoms with van der Waals surface area (Å²) in [6, 6.07) is 6.06. The number of nitrogens with zero attached hydrogens (tertiary/aromatic N) is 2. The van der Waals surface area contributed by atoms with E-state index in [1.54, 1.807) is 0 Å². The topological polar surface area (TPSA) is 64.3 Å². The van der Waals surface area contributed by atoms with E-state index >= 15 is 0 Å². The summed E-state index contributed by atoms with van der Waals surface area (Å²) in [6.45, 7) is -0.873. The fourth-order valence-corrected chi connectivity index (χ4v) is 1.59. The molecular formula is C12H12F2N2O2. The predicted molar refractivity (Wildman–Crippen MR) is 61.8 cm³/mol. The minimum atomic E-state index is -2.58. The number of hydrogen-bond acceptors (Lipinski definition) is 4. The number of rotatable bonds is 6. The van der Waals surface area contributed by atoms with Gasteiger partial charge in [0.25, 0.3) is 6.43 Å². The molecule has 0 spiro atoms. The first-order valence-electron chi connectivity index (χ1n) is 5.25. The molecule has 0 atom stereocenters. The number of anilines is 1. The summed E-state index contributed by atoms with van der Waals surface area (Å²) in [7, 11) is 0. The number of halogens is 2. The second-order valence-electron chi connectivity index (χ2n) is 3.57. The van der Waals surface area contributed by atoms with Gasteiger partial charge in [-0.15, -0.1) is 0 Å². The van der Waals surface area contributed by atoms with Crippen LogP contribution >= 0.6 is 0 Å². The number of nitriles is 1. The Kier molecular flexibility index (Phi) is 5.21. The molecular weight excluding hydrogens is 242 g/mol.